The van der Waals surface area contributed by atoms with Crippen molar-refractivity contribution in [3.8, 4) is 11.1 Å². The Hall–Kier alpha value is -3.91. The number of aromatic nitrogens is 2. The van der Waals surface area contributed by atoms with Crippen molar-refractivity contribution in [2.75, 3.05) is 10.6 Å². The van der Waals surface area contributed by atoms with Crippen LogP contribution in [0.25, 0.3) is 11.1 Å². The third-order valence-electron chi connectivity index (χ3n) is 4.70. The van der Waals surface area contributed by atoms with Crippen LogP contribution < -0.4 is 16.1 Å². The molecule has 6 nitrogen and oxygen atoms in total. The maximum Gasteiger partial charge on any atom is 0.260 e. The van der Waals surface area contributed by atoms with E-state index >= 15 is 0 Å². The van der Waals surface area contributed by atoms with Gasteiger partial charge in [-0.2, -0.15) is 0 Å². The van der Waals surface area contributed by atoms with Crippen LogP contribution in [0.15, 0.2) is 90.2 Å². The van der Waals surface area contributed by atoms with Crippen molar-refractivity contribution in [2.45, 2.75) is 4.90 Å². The first kappa shape index (κ1) is 21.3. The van der Waals surface area contributed by atoms with E-state index in [2.05, 4.69) is 33.2 Å². The van der Waals surface area contributed by atoms with E-state index in [-0.39, 0.29) is 11.5 Å². The zero-order valence-electron chi connectivity index (χ0n) is 16.8. The first-order chi connectivity index (χ1) is 15.5. The molecule has 0 atom stereocenters. The van der Waals surface area contributed by atoms with E-state index in [4.69, 9.17) is 7.85 Å². The van der Waals surface area contributed by atoms with Gasteiger partial charge in [-0.1, -0.05) is 41.9 Å². The predicted octanol–water partition coefficient (Wildman–Crippen LogP) is 3.73. The lowest BCUT2D eigenvalue weighted by Crippen LogP contribution is -2.19. The van der Waals surface area contributed by atoms with Crippen LogP contribution in [-0.4, -0.2) is 29.6 Å². The molecule has 32 heavy (non-hydrogen) atoms. The van der Waals surface area contributed by atoms with Gasteiger partial charge in [-0.3, -0.25) is 14.6 Å². The van der Waals surface area contributed by atoms with Gasteiger partial charge in [0.05, 0.1) is 11.3 Å². The predicted molar refractivity (Wildman–Crippen MR) is 129 cm³/mol. The number of nitrogens with zero attached hydrogens (tertiary/aromatic N) is 2. The van der Waals surface area contributed by atoms with Crippen molar-refractivity contribution >= 4 is 49.3 Å². The Morgan fingerprint density at radius 2 is 1.62 bits per heavy atom. The van der Waals surface area contributed by atoms with Crippen molar-refractivity contribution < 1.29 is 9.59 Å². The summed E-state index contributed by atoms with van der Waals surface area (Å²) in [6.45, 7) is 0. The van der Waals surface area contributed by atoms with E-state index in [1.54, 1.807) is 30.3 Å². The number of anilines is 2. The standard InChI is InChI=1S/C24H17BN4O2S/c25-17-9-10-22(27-13-17)29-24(31)19-14-26-12-11-20(19)28-23(30)16-7-5-15(6-8-16)18-3-1-2-4-21(18)32/h1-14,32H,(H,26,28,30)(H,27,29,31). The number of hydrogen-bond donors (Lipinski definition) is 3. The van der Waals surface area contributed by atoms with Crippen molar-refractivity contribution in [3.63, 3.8) is 0 Å². The fourth-order valence-electron chi connectivity index (χ4n) is 3.06. The SMILES string of the molecule is [B]c1ccc(NC(=O)c2cnccc2NC(=O)c2ccc(-c3ccccc3S)cc2)nc1. The second-order valence-corrected chi connectivity index (χ2v) is 7.38. The molecular weight excluding hydrogens is 419 g/mol. The fraction of sp³-hybridized carbons (Fsp3) is 0. The number of amides is 2. The van der Waals surface area contributed by atoms with E-state index in [0.29, 0.717) is 22.5 Å². The lowest BCUT2D eigenvalue weighted by molar-refractivity contribution is 0.102. The minimum absolute atomic E-state index is 0.208. The molecule has 0 spiro atoms. The number of nitrogens with one attached hydrogen (secondary N) is 2. The van der Waals surface area contributed by atoms with Crippen molar-refractivity contribution in [2.24, 2.45) is 0 Å². The molecule has 2 aromatic carbocycles. The largest absolute Gasteiger partial charge is 0.321 e. The topological polar surface area (TPSA) is 84.0 Å². The summed E-state index contributed by atoms with van der Waals surface area (Å²) < 4.78 is 0. The highest BCUT2D eigenvalue weighted by Gasteiger charge is 2.15. The summed E-state index contributed by atoms with van der Waals surface area (Å²) in [6, 6.07) is 19.7. The Kier molecular flexibility index (Phi) is 6.33. The number of thiol groups is 1. The average molecular weight is 436 g/mol. The minimum atomic E-state index is -0.452. The highest BCUT2D eigenvalue weighted by molar-refractivity contribution is 7.80. The van der Waals surface area contributed by atoms with Crippen molar-refractivity contribution in [1.29, 1.82) is 0 Å². The summed E-state index contributed by atoms with van der Waals surface area (Å²) in [7, 11) is 5.62. The van der Waals surface area contributed by atoms with Gasteiger partial charge in [0.25, 0.3) is 11.8 Å². The van der Waals surface area contributed by atoms with Gasteiger partial charge in [-0.15, -0.1) is 12.6 Å². The van der Waals surface area contributed by atoms with E-state index in [9.17, 15) is 9.59 Å². The fourth-order valence-corrected chi connectivity index (χ4v) is 3.35. The molecule has 154 valence electrons. The second kappa shape index (κ2) is 9.49. The zero-order valence-corrected chi connectivity index (χ0v) is 17.7. The van der Waals surface area contributed by atoms with E-state index in [1.165, 1.54) is 18.6 Å². The monoisotopic (exact) mass is 436 g/mol. The highest BCUT2D eigenvalue weighted by Crippen LogP contribution is 2.26. The molecule has 0 aliphatic rings. The average Bonchev–Trinajstić information content (AvgIpc) is 2.81. The maximum atomic E-state index is 12.8. The maximum absolute atomic E-state index is 12.8. The van der Waals surface area contributed by atoms with E-state index in [0.717, 1.165) is 16.0 Å². The summed E-state index contributed by atoms with van der Waals surface area (Å²) in [6.07, 6.45) is 4.33. The molecule has 2 aromatic heterocycles. The van der Waals surface area contributed by atoms with Gasteiger partial charge < -0.3 is 10.6 Å². The molecule has 0 fully saturated rings. The quantitative estimate of drug-likeness (QED) is 0.329. The molecule has 8 heteroatoms. The molecule has 0 bridgehead atoms. The van der Waals surface area contributed by atoms with Gasteiger partial charge in [-0.05, 0) is 41.5 Å². The van der Waals surface area contributed by atoms with Gasteiger partial charge in [0.15, 0.2) is 0 Å². The molecule has 0 unspecified atom stereocenters. The smallest absolute Gasteiger partial charge is 0.260 e. The summed E-state index contributed by atoms with van der Waals surface area (Å²) >= 11 is 4.48. The molecule has 4 rings (SSSR count). The van der Waals surface area contributed by atoms with Crippen LogP contribution in [0.3, 0.4) is 0 Å². The number of carbonyl (C=O) groups excluding carboxylic acids is 2. The molecule has 2 radical (unpaired) electrons. The van der Waals surface area contributed by atoms with Crippen LogP contribution in [0.2, 0.25) is 0 Å². The third-order valence-corrected chi connectivity index (χ3v) is 5.09. The number of pyridine rings is 2. The Bertz CT molecular complexity index is 1280. The first-order valence-corrected chi connectivity index (χ1v) is 10.1. The van der Waals surface area contributed by atoms with Gasteiger partial charge in [0, 0.05) is 29.0 Å². The summed E-state index contributed by atoms with van der Waals surface area (Å²) in [5, 5.41) is 5.44. The Morgan fingerprint density at radius 3 is 2.34 bits per heavy atom. The third kappa shape index (κ3) is 4.87. The number of hydrogen-bond acceptors (Lipinski definition) is 5. The molecule has 0 aliphatic carbocycles. The summed E-state index contributed by atoms with van der Waals surface area (Å²) in [5.74, 6) is -0.460. The van der Waals surface area contributed by atoms with Gasteiger partial charge >= 0.3 is 0 Å². The van der Waals surface area contributed by atoms with Gasteiger partial charge in [0.2, 0.25) is 0 Å². The molecule has 0 saturated carbocycles. The molecule has 4 aromatic rings. The van der Waals surface area contributed by atoms with E-state index < -0.39 is 5.91 Å². The van der Waals surface area contributed by atoms with Gasteiger partial charge in [-0.25, -0.2) is 4.98 Å². The van der Waals surface area contributed by atoms with Crippen LogP contribution in [0.4, 0.5) is 11.5 Å². The first-order valence-electron chi connectivity index (χ1n) is 9.68. The number of carbonyl (C=O) groups is 2. The normalized spacial score (nSPS) is 10.4. The van der Waals surface area contributed by atoms with Crippen LogP contribution >= 0.6 is 12.6 Å². The molecule has 2 N–H and O–H groups in total. The Morgan fingerprint density at radius 1 is 0.844 bits per heavy atom. The minimum Gasteiger partial charge on any atom is -0.321 e. The zero-order chi connectivity index (χ0) is 22.5. The van der Waals surface area contributed by atoms with Gasteiger partial charge in [0.1, 0.15) is 13.7 Å². The lowest BCUT2D eigenvalue weighted by Gasteiger charge is -2.11. The molecule has 0 saturated heterocycles. The molecule has 0 aliphatic heterocycles. The van der Waals surface area contributed by atoms with Crippen LogP contribution in [0.5, 0.6) is 0 Å². The lowest BCUT2D eigenvalue weighted by atomic mass is 9.99. The van der Waals surface area contributed by atoms with Crippen LogP contribution in [0, 0.1) is 0 Å². The Balaban J connectivity index is 1.51. The van der Waals surface area contributed by atoms with Crippen molar-refractivity contribution in [1.82, 2.24) is 9.97 Å². The second-order valence-electron chi connectivity index (χ2n) is 6.90. The van der Waals surface area contributed by atoms with Crippen molar-refractivity contribution in [3.05, 3.63) is 96.4 Å². The molecule has 2 amide bonds. The number of benzene rings is 2. The molecule has 2 heterocycles. The van der Waals surface area contributed by atoms with Crippen LogP contribution in [0.1, 0.15) is 20.7 Å². The molecular formula is C24H17BN4O2S. The summed E-state index contributed by atoms with van der Waals surface area (Å²) in [4.78, 5) is 34.4. The van der Waals surface area contributed by atoms with E-state index in [1.807, 2.05) is 36.4 Å². The van der Waals surface area contributed by atoms with Crippen LogP contribution in [-0.2, 0) is 0 Å². The Labute approximate surface area is 192 Å². The summed E-state index contributed by atoms with van der Waals surface area (Å²) in [5.41, 5.74) is 3.41. The number of rotatable bonds is 5. The highest BCUT2D eigenvalue weighted by atomic mass is 32.1.